The molecular formula is C29H44N2O6. The second-order valence-corrected chi connectivity index (χ2v) is 11.2. The minimum absolute atomic E-state index is 0.273. The molecule has 1 saturated heterocycles. The lowest BCUT2D eigenvalue weighted by Gasteiger charge is -2.34. The van der Waals surface area contributed by atoms with Crippen LogP contribution in [0, 0.1) is 5.41 Å². The summed E-state index contributed by atoms with van der Waals surface area (Å²) in [5, 5.41) is 2.76. The molecule has 37 heavy (non-hydrogen) atoms. The van der Waals surface area contributed by atoms with E-state index in [1.165, 1.54) is 23.1 Å². The molecule has 2 amide bonds. The number of esters is 1. The van der Waals surface area contributed by atoms with Crippen molar-refractivity contribution in [1.29, 1.82) is 0 Å². The average Bonchev–Trinajstić information content (AvgIpc) is 3.29. The van der Waals surface area contributed by atoms with Gasteiger partial charge < -0.3 is 24.4 Å². The van der Waals surface area contributed by atoms with E-state index in [9.17, 15) is 14.4 Å². The van der Waals surface area contributed by atoms with Crippen LogP contribution in [0.15, 0.2) is 24.3 Å². The Morgan fingerprint density at radius 2 is 1.62 bits per heavy atom. The lowest BCUT2D eigenvalue weighted by atomic mass is 9.85. The van der Waals surface area contributed by atoms with Gasteiger partial charge in [-0.25, -0.2) is 9.59 Å². The maximum absolute atomic E-state index is 13.7. The minimum Gasteiger partial charge on any atom is -0.467 e. The third-order valence-corrected chi connectivity index (χ3v) is 7.28. The van der Waals surface area contributed by atoms with Crippen molar-refractivity contribution in [2.45, 2.75) is 96.7 Å². The predicted molar refractivity (Wildman–Crippen MR) is 141 cm³/mol. The van der Waals surface area contributed by atoms with E-state index in [-0.39, 0.29) is 18.6 Å². The summed E-state index contributed by atoms with van der Waals surface area (Å²) < 4.78 is 16.5. The number of methoxy groups -OCH3 is 1. The van der Waals surface area contributed by atoms with Crippen LogP contribution in [0.4, 0.5) is 4.79 Å². The summed E-state index contributed by atoms with van der Waals surface area (Å²) in [7, 11) is 1.32. The van der Waals surface area contributed by atoms with E-state index in [1.807, 2.05) is 20.8 Å². The van der Waals surface area contributed by atoms with Crippen molar-refractivity contribution in [3.8, 4) is 0 Å². The Balaban J connectivity index is 1.76. The summed E-state index contributed by atoms with van der Waals surface area (Å²) in [5.41, 5.74) is 2.17. The first kappa shape index (κ1) is 29.0. The van der Waals surface area contributed by atoms with Crippen LogP contribution in [0.3, 0.4) is 0 Å². The fraction of sp³-hybridized carbons (Fsp3) is 0.690. The molecule has 1 aromatic rings. The summed E-state index contributed by atoms with van der Waals surface area (Å²) in [4.78, 5) is 40.3. The zero-order chi connectivity index (χ0) is 26.8. The number of nitrogens with zero attached hydrogens (tertiary/aromatic N) is 1. The molecule has 1 aromatic carbocycles. The fourth-order valence-electron chi connectivity index (χ4n) is 5.17. The van der Waals surface area contributed by atoms with Crippen LogP contribution < -0.4 is 5.32 Å². The highest BCUT2D eigenvalue weighted by molar-refractivity contribution is 5.90. The van der Waals surface area contributed by atoms with Crippen molar-refractivity contribution < 1.29 is 28.6 Å². The molecule has 8 nitrogen and oxygen atoms in total. The first-order valence-electron chi connectivity index (χ1n) is 13.7. The Morgan fingerprint density at radius 3 is 2.30 bits per heavy atom. The van der Waals surface area contributed by atoms with Gasteiger partial charge in [0.15, 0.2) is 0 Å². The molecule has 206 valence electrons. The van der Waals surface area contributed by atoms with Crippen molar-refractivity contribution in [1.82, 2.24) is 10.2 Å². The smallest absolute Gasteiger partial charge is 0.407 e. The van der Waals surface area contributed by atoms with Crippen LogP contribution in [-0.4, -0.2) is 67.9 Å². The summed E-state index contributed by atoms with van der Waals surface area (Å²) >= 11 is 0. The van der Waals surface area contributed by atoms with Crippen LogP contribution in [0.2, 0.25) is 0 Å². The molecule has 0 aromatic heterocycles. The summed E-state index contributed by atoms with van der Waals surface area (Å²) in [6, 6.07) is 7.00. The SMILES string of the molecule is COC(=O)[C@@H]1C[C@@H]2CN1C(=O)[C@H](C(C)(C)C)NC(=O)OCCCCCCCc1ccccc1CCCO2. The van der Waals surface area contributed by atoms with E-state index >= 15 is 0 Å². The molecule has 2 bridgehead atoms. The molecule has 3 atom stereocenters. The maximum atomic E-state index is 13.7. The largest absolute Gasteiger partial charge is 0.467 e. The number of fused-ring (bicyclic) bond motifs is 3. The Kier molecular flexibility index (Phi) is 10.8. The summed E-state index contributed by atoms with van der Waals surface area (Å²) in [6.45, 7) is 6.77. The van der Waals surface area contributed by atoms with Gasteiger partial charge in [-0.3, -0.25) is 4.79 Å². The molecule has 0 spiro atoms. The summed E-state index contributed by atoms with van der Waals surface area (Å²) in [6.07, 6.45) is 7.49. The monoisotopic (exact) mass is 516 g/mol. The fourth-order valence-corrected chi connectivity index (χ4v) is 5.17. The lowest BCUT2D eigenvalue weighted by molar-refractivity contribution is -0.152. The number of carbonyl (C=O) groups is 3. The van der Waals surface area contributed by atoms with Gasteiger partial charge in [0.25, 0.3) is 0 Å². The van der Waals surface area contributed by atoms with Gasteiger partial charge in [-0.2, -0.15) is 0 Å². The molecule has 0 radical (unpaired) electrons. The number of cyclic esters (lactones) is 1. The number of amides is 2. The third-order valence-electron chi connectivity index (χ3n) is 7.28. The van der Waals surface area contributed by atoms with E-state index in [4.69, 9.17) is 14.2 Å². The first-order chi connectivity index (χ1) is 17.7. The van der Waals surface area contributed by atoms with Gasteiger partial charge in [0.05, 0.1) is 19.8 Å². The highest BCUT2D eigenvalue weighted by Crippen LogP contribution is 2.28. The lowest BCUT2D eigenvalue weighted by Crippen LogP contribution is -2.57. The van der Waals surface area contributed by atoms with Crippen molar-refractivity contribution in [2.75, 3.05) is 26.9 Å². The van der Waals surface area contributed by atoms with Gasteiger partial charge in [0.1, 0.15) is 12.1 Å². The zero-order valence-electron chi connectivity index (χ0n) is 22.9. The molecule has 2 heterocycles. The molecule has 1 fully saturated rings. The molecule has 0 unspecified atom stereocenters. The third kappa shape index (κ3) is 8.45. The number of rotatable bonds is 1. The standard InChI is InChI=1S/C29H44N2O6/c1-29(2,3)25-26(32)31-20-23(19-24(31)27(33)35-4)36-18-12-16-22-15-10-9-14-21(22)13-8-6-5-7-11-17-37-28(34)30-25/h9-10,14-15,23-25H,5-8,11-13,16-20H2,1-4H3,(H,30,34)/t23-,24+,25-/m1/s1. The highest BCUT2D eigenvalue weighted by atomic mass is 16.5. The van der Waals surface area contributed by atoms with Crippen LogP contribution in [0.1, 0.15) is 76.8 Å². The Hall–Kier alpha value is -2.61. The number of carbonyl (C=O) groups excluding carboxylic acids is 3. The molecule has 2 aliphatic rings. The average molecular weight is 517 g/mol. The normalized spacial score (nSPS) is 25.3. The number of alkyl carbamates (subject to hydrolysis) is 1. The van der Waals surface area contributed by atoms with Crippen LogP contribution in [0.5, 0.6) is 0 Å². The number of nitrogens with one attached hydrogen (secondary N) is 1. The van der Waals surface area contributed by atoms with E-state index < -0.39 is 29.6 Å². The van der Waals surface area contributed by atoms with Gasteiger partial charge >= 0.3 is 12.1 Å². The zero-order valence-corrected chi connectivity index (χ0v) is 22.9. The van der Waals surface area contributed by atoms with Crippen molar-refractivity contribution >= 4 is 18.0 Å². The first-order valence-corrected chi connectivity index (χ1v) is 13.7. The molecule has 3 rings (SSSR count). The van der Waals surface area contributed by atoms with Gasteiger partial charge in [-0.05, 0) is 48.6 Å². The number of benzene rings is 1. The second-order valence-electron chi connectivity index (χ2n) is 11.2. The van der Waals surface area contributed by atoms with Crippen molar-refractivity contribution in [2.24, 2.45) is 5.41 Å². The van der Waals surface area contributed by atoms with Gasteiger partial charge in [0.2, 0.25) is 5.91 Å². The maximum Gasteiger partial charge on any atom is 0.407 e. The molecule has 8 heteroatoms. The number of hydrogen-bond acceptors (Lipinski definition) is 6. The van der Waals surface area contributed by atoms with Gasteiger partial charge in [0, 0.05) is 19.6 Å². The van der Waals surface area contributed by atoms with Gasteiger partial charge in [-0.1, -0.05) is 64.3 Å². The minimum atomic E-state index is -0.850. The summed E-state index contributed by atoms with van der Waals surface area (Å²) in [5.74, 6) is -0.802. The van der Waals surface area contributed by atoms with E-state index in [2.05, 4.69) is 29.6 Å². The predicted octanol–water partition coefficient (Wildman–Crippen LogP) is 4.43. The van der Waals surface area contributed by atoms with Crippen molar-refractivity contribution in [3.05, 3.63) is 35.4 Å². The van der Waals surface area contributed by atoms with E-state index in [0.29, 0.717) is 19.6 Å². The molecule has 0 aliphatic carbocycles. The van der Waals surface area contributed by atoms with Gasteiger partial charge in [-0.15, -0.1) is 0 Å². The van der Waals surface area contributed by atoms with Crippen molar-refractivity contribution in [3.63, 3.8) is 0 Å². The molecule has 0 saturated carbocycles. The van der Waals surface area contributed by atoms with E-state index in [0.717, 1.165) is 51.4 Å². The van der Waals surface area contributed by atoms with Crippen LogP contribution in [0.25, 0.3) is 0 Å². The number of hydrogen-bond donors (Lipinski definition) is 1. The number of ether oxygens (including phenoxy) is 3. The van der Waals surface area contributed by atoms with Crippen LogP contribution in [-0.2, 0) is 36.6 Å². The Labute approximate surface area is 221 Å². The molecular weight excluding hydrogens is 472 g/mol. The van der Waals surface area contributed by atoms with Crippen LogP contribution >= 0.6 is 0 Å². The van der Waals surface area contributed by atoms with E-state index in [1.54, 1.807) is 0 Å². The second kappa shape index (κ2) is 13.8. The number of aryl methyl sites for hydroxylation is 2. The molecule has 1 N–H and O–H groups in total. The highest BCUT2D eigenvalue weighted by Gasteiger charge is 2.45. The quantitative estimate of drug-likeness (QED) is 0.555. The molecule has 2 aliphatic heterocycles. The Bertz CT molecular complexity index is 912. The topological polar surface area (TPSA) is 94.2 Å². The Morgan fingerprint density at radius 1 is 0.973 bits per heavy atom.